The summed E-state index contributed by atoms with van der Waals surface area (Å²) in [6.45, 7) is 2.62. The summed E-state index contributed by atoms with van der Waals surface area (Å²) in [4.78, 5) is 10.6. The Kier molecular flexibility index (Phi) is 4.55. The molecule has 0 aliphatic rings. The van der Waals surface area contributed by atoms with Crippen molar-refractivity contribution in [2.24, 2.45) is 0 Å². The zero-order chi connectivity index (χ0) is 11.3. The van der Waals surface area contributed by atoms with Gasteiger partial charge in [-0.25, -0.2) is 4.39 Å². The molecule has 0 heterocycles. The highest BCUT2D eigenvalue weighted by molar-refractivity contribution is 9.10. The molecule has 0 unspecified atom stereocenters. The number of nitrogens with one attached hydrogen (secondary N) is 2. The van der Waals surface area contributed by atoms with Gasteiger partial charge < -0.3 is 10.6 Å². The normalized spacial score (nSPS) is 9.80. The van der Waals surface area contributed by atoms with Gasteiger partial charge >= 0.3 is 0 Å². The fourth-order valence-electron chi connectivity index (χ4n) is 1.05. The molecule has 0 aliphatic heterocycles. The summed E-state index contributed by atoms with van der Waals surface area (Å²) in [6, 6.07) is 4.68. The van der Waals surface area contributed by atoms with Crippen molar-refractivity contribution in [3.05, 3.63) is 28.5 Å². The molecule has 0 saturated heterocycles. The second kappa shape index (κ2) is 5.70. The Morgan fingerprint density at radius 2 is 2.20 bits per heavy atom. The number of halogens is 2. The molecule has 0 atom stereocenters. The minimum absolute atomic E-state index is 0.0583. The molecule has 2 N–H and O–H groups in total. The fourth-order valence-corrected chi connectivity index (χ4v) is 1.43. The Hall–Kier alpha value is -1.10. The SMILES string of the molecule is CC(=O)NCCNc1ccc(F)c(Br)c1. The first-order valence-corrected chi connectivity index (χ1v) is 5.32. The number of rotatable bonds is 4. The van der Waals surface area contributed by atoms with Crippen LogP contribution in [0.25, 0.3) is 0 Å². The summed E-state index contributed by atoms with van der Waals surface area (Å²) in [7, 11) is 0. The van der Waals surface area contributed by atoms with Gasteiger partial charge in [0.15, 0.2) is 0 Å². The first-order chi connectivity index (χ1) is 7.09. The van der Waals surface area contributed by atoms with Gasteiger partial charge in [-0.3, -0.25) is 4.79 Å². The van der Waals surface area contributed by atoms with E-state index >= 15 is 0 Å². The lowest BCUT2D eigenvalue weighted by atomic mass is 10.3. The maximum atomic E-state index is 12.9. The molecule has 0 bridgehead atoms. The molecular formula is C10H12BrFN2O. The van der Waals surface area contributed by atoms with E-state index in [0.717, 1.165) is 5.69 Å². The van der Waals surface area contributed by atoms with Gasteiger partial charge in [-0.05, 0) is 34.1 Å². The van der Waals surface area contributed by atoms with Crippen molar-refractivity contribution in [3.8, 4) is 0 Å². The fraction of sp³-hybridized carbons (Fsp3) is 0.300. The highest BCUT2D eigenvalue weighted by Gasteiger charge is 1.99. The molecule has 0 fully saturated rings. The Morgan fingerprint density at radius 3 is 2.80 bits per heavy atom. The van der Waals surface area contributed by atoms with Crippen LogP contribution in [0.1, 0.15) is 6.92 Å². The average Bonchev–Trinajstić information content (AvgIpc) is 2.18. The lowest BCUT2D eigenvalue weighted by molar-refractivity contribution is -0.118. The van der Waals surface area contributed by atoms with Crippen LogP contribution in [0.2, 0.25) is 0 Å². The molecule has 15 heavy (non-hydrogen) atoms. The van der Waals surface area contributed by atoms with Crippen LogP contribution < -0.4 is 10.6 Å². The predicted octanol–water partition coefficient (Wildman–Crippen LogP) is 2.14. The van der Waals surface area contributed by atoms with Crippen molar-refractivity contribution in [1.82, 2.24) is 5.32 Å². The maximum absolute atomic E-state index is 12.9. The highest BCUT2D eigenvalue weighted by Crippen LogP contribution is 2.19. The standard InChI is InChI=1S/C10H12BrFN2O/c1-7(15)13-4-5-14-8-2-3-10(12)9(11)6-8/h2-3,6,14H,4-5H2,1H3,(H,13,15). The molecule has 0 radical (unpaired) electrons. The summed E-state index contributed by atoms with van der Waals surface area (Å²) in [5, 5.41) is 5.71. The minimum atomic E-state index is -0.289. The van der Waals surface area contributed by atoms with Crippen molar-refractivity contribution >= 4 is 27.5 Å². The zero-order valence-corrected chi connectivity index (χ0v) is 9.90. The van der Waals surface area contributed by atoms with E-state index in [9.17, 15) is 9.18 Å². The van der Waals surface area contributed by atoms with E-state index in [1.54, 1.807) is 12.1 Å². The van der Waals surface area contributed by atoms with E-state index in [-0.39, 0.29) is 11.7 Å². The summed E-state index contributed by atoms with van der Waals surface area (Å²) in [5.74, 6) is -0.348. The highest BCUT2D eigenvalue weighted by atomic mass is 79.9. The van der Waals surface area contributed by atoms with Crippen LogP contribution in [0, 0.1) is 5.82 Å². The smallest absolute Gasteiger partial charge is 0.216 e. The second-order valence-electron chi connectivity index (χ2n) is 3.04. The van der Waals surface area contributed by atoms with Crippen molar-refractivity contribution in [2.75, 3.05) is 18.4 Å². The molecule has 1 aromatic carbocycles. The van der Waals surface area contributed by atoms with Gasteiger partial charge in [0.05, 0.1) is 4.47 Å². The van der Waals surface area contributed by atoms with E-state index in [0.29, 0.717) is 17.6 Å². The molecule has 0 saturated carbocycles. The molecule has 5 heteroatoms. The third kappa shape index (κ3) is 4.29. The number of hydrogen-bond donors (Lipinski definition) is 2. The molecule has 82 valence electrons. The van der Waals surface area contributed by atoms with E-state index in [1.165, 1.54) is 13.0 Å². The van der Waals surface area contributed by atoms with Gasteiger partial charge in [0.1, 0.15) is 5.82 Å². The molecule has 0 spiro atoms. The number of benzene rings is 1. The van der Waals surface area contributed by atoms with Crippen LogP contribution in [0.3, 0.4) is 0 Å². The lowest BCUT2D eigenvalue weighted by Gasteiger charge is -2.07. The van der Waals surface area contributed by atoms with Crippen LogP contribution in [-0.4, -0.2) is 19.0 Å². The predicted molar refractivity (Wildman–Crippen MR) is 61.3 cm³/mol. The quantitative estimate of drug-likeness (QED) is 0.826. The molecule has 0 aromatic heterocycles. The van der Waals surface area contributed by atoms with Gasteiger partial charge in [0.25, 0.3) is 0 Å². The van der Waals surface area contributed by atoms with E-state index < -0.39 is 0 Å². The van der Waals surface area contributed by atoms with Crippen molar-refractivity contribution in [2.45, 2.75) is 6.92 Å². The summed E-state index contributed by atoms with van der Waals surface area (Å²) >= 11 is 3.09. The van der Waals surface area contributed by atoms with Gasteiger partial charge in [-0.2, -0.15) is 0 Å². The Labute approximate surface area is 96.2 Å². The number of carbonyl (C=O) groups excluding carboxylic acids is 1. The summed E-state index contributed by atoms with van der Waals surface area (Å²) < 4.78 is 13.3. The number of anilines is 1. The van der Waals surface area contributed by atoms with Gasteiger partial charge in [0.2, 0.25) is 5.91 Å². The Morgan fingerprint density at radius 1 is 1.47 bits per heavy atom. The van der Waals surface area contributed by atoms with Gasteiger partial charge in [-0.1, -0.05) is 0 Å². The topological polar surface area (TPSA) is 41.1 Å². The Bertz CT molecular complexity index is 357. The van der Waals surface area contributed by atoms with Crippen LogP contribution in [0.4, 0.5) is 10.1 Å². The summed E-state index contributed by atoms with van der Waals surface area (Å²) in [5.41, 5.74) is 0.814. The van der Waals surface area contributed by atoms with Crippen LogP contribution in [-0.2, 0) is 4.79 Å². The average molecular weight is 275 g/mol. The number of amides is 1. The first-order valence-electron chi connectivity index (χ1n) is 4.53. The zero-order valence-electron chi connectivity index (χ0n) is 8.31. The van der Waals surface area contributed by atoms with E-state index in [4.69, 9.17) is 0 Å². The summed E-state index contributed by atoms with van der Waals surface area (Å²) in [6.07, 6.45) is 0. The molecule has 3 nitrogen and oxygen atoms in total. The van der Waals surface area contributed by atoms with Gasteiger partial charge in [-0.15, -0.1) is 0 Å². The van der Waals surface area contributed by atoms with Crippen molar-refractivity contribution in [1.29, 1.82) is 0 Å². The lowest BCUT2D eigenvalue weighted by Crippen LogP contribution is -2.26. The molecule has 1 aromatic rings. The van der Waals surface area contributed by atoms with Crippen molar-refractivity contribution < 1.29 is 9.18 Å². The second-order valence-corrected chi connectivity index (χ2v) is 3.89. The van der Waals surface area contributed by atoms with Crippen LogP contribution in [0.15, 0.2) is 22.7 Å². The first kappa shape index (κ1) is 12.0. The van der Waals surface area contributed by atoms with Crippen LogP contribution in [0.5, 0.6) is 0 Å². The third-order valence-electron chi connectivity index (χ3n) is 1.75. The third-order valence-corrected chi connectivity index (χ3v) is 2.36. The molecule has 0 aliphatic carbocycles. The van der Waals surface area contributed by atoms with Gasteiger partial charge in [0, 0.05) is 25.7 Å². The monoisotopic (exact) mass is 274 g/mol. The molecule has 1 amide bonds. The van der Waals surface area contributed by atoms with E-state index in [2.05, 4.69) is 26.6 Å². The largest absolute Gasteiger partial charge is 0.383 e. The molecule has 1 rings (SSSR count). The molecular weight excluding hydrogens is 263 g/mol. The van der Waals surface area contributed by atoms with Crippen LogP contribution >= 0.6 is 15.9 Å². The maximum Gasteiger partial charge on any atom is 0.216 e. The van der Waals surface area contributed by atoms with Crippen molar-refractivity contribution in [3.63, 3.8) is 0 Å². The number of carbonyl (C=O) groups is 1. The Balaban J connectivity index is 2.38. The minimum Gasteiger partial charge on any atom is -0.383 e. The van der Waals surface area contributed by atoms with E-state index in [1.807, 2.05) is 0 Å². The number of hydrogen-bond acceptors (Lipinski definition) is 2.